The Hall–Kier alpha value is -2.70. The highest BCUT2D eigenvalue weighted by molar-refractivity contribution is 5.69. The number of carbonyl (C=O) groups is 1. The van der Waals surface area contributed by atoms with E-state index in [0.29, 0.717) is 29.8 Å². The maximum absolute atomic E-state index is 14.4. The van der Waals surface area contributed by atoms with Gasteiger partial charge >= 0.3 is 5.97 Å². The number of nitrogens with zero attached hydrogens (tertiary/aromatic N) is 1. The molecule has 0 saturated heterocycles. The van der Waals surface area contributed by atoms with E-state index >= 15 is 0 Å². The minimum absolute atomic E-state index is 0.00194. The first-order chi connectivity index (χ1) is 13.0. The molecule has 1 aliphatic rings. The molecule has 5 nitrogen and oxygen atoms in total. The number of carboxylic acid groups (broad SMARTS) is 1. The first kappa shape index (κ1) is 19.1. The van der Waals surface area contributed by atoms with Crippen LogP contribution < -0.4 is 9.47 Å². The van der Waals surface area contributed by atoms with Crippen LogP contribution in [0.5, 0.6) is 11.6 Å². The average Bonchev–Trinajstić information content (AvgIpc) is 2.60. The summed E-state index contributed by atoms with van der Waals surface area (Å²) in [5.74, 6) is -2.64. The molecule has 27 heavy (non-hydrogen) atoms. The molecule has 1 aliphatic carbocycles. The maximum atomic E-state index is 14.4. The highest BCUT2D eigenvalue weighted by Gasteiger charge is 2.22. The van der Waals surface area contributed by atoms with E-state index in [1.807, 2.05) is 0 Å². The molecule has 7 heteroatoms. The third-order valence-corrected chi connectivity index (χ3v) is 4.44. The van der Waals surface area contributed by atoms with Crippen molar-refractivity contribution in [3.8, 4) is 22.8 Å². The van der Waals surface area contributed by atoms with E-state index in [4.69, 9.17) is 14.6 Å². The van der Waals surface area contributed by atoms with Crippen LogP contribution in [0.3, 0.4) is 0 Å². The molecule has 0 spiro atoms. The molecular formula is C20H21F2NO4. The number of pyridine rings is 1. The van der Waals surface area contributed by atoms with Gasteiger partial charge in [0.05, 0.1) is 6.61 Å². The van der Waals surface area contributed by atoms with Gasteiger partial charge in [-0.15, -0.1) is 0 Å². The van der Waals surface area contributed by atoms with Crippen molar-refractivity contribution in [3.63, 3.8) is 0 Å². The van der Waals surface area contributed by atoms with Crippen LogP contribution in [-0.4, -0.2) is 28.8 Å². The Labute approximate surface area is 156 Å². The number of rotatable bonds is 9. The summed E-state index contributed by atoms with van der Waals surface area (Å²) in [6.45, 7) is 0.0450. The van der Waals surface area contributed by atoms with E-state index in [-0.39, 0.29) is 19.1 Å². The summed E-state index contributed by atoms with van der Waals surface area (Å²) < 4.78 is 39.8. The molecule has 1 fully saturated rings. The second-order valence-corrected chi connectivity index (χ2v) is 6.50. The minimum Gasteiger partial charge on any atom is -0.488 e. The maximum Gasteiger partial charge on any atom is 0.303 e. The van der Waals surface area contributed by atoms with Gasteiger partial charge in [-0.1, -0.05) is 0 Å². The molecule has 144 valence electrons. The van der Waals surface area contributed by atoms with Gasteiger partial charge in [0.15, 0.2) is 17.4 Å². The van der Waals surface area contributed by atoms with Crippen molar-refractivity contribution in [3.05, 3.63) is 42.1 Å². The molecule has 0 bridgehead atoms. The molecule has 0 unspecified atom stereocenters. The van der Waals surface area contributed by atoms with E-state index in [1.54, 1.807) is 18.3 Å². The van der Waals surface area contributed by atoms with Crippen molar-refractivity contribution in [1.82, 2.24) is 4.98 Å². The topological polar surface area (TPSA) is 68.7 Å². The van der Waals surface area contributed by atoms with E-state index in [1.165, 1.54) is 12.1 Å². The summed E-state index contributed by atoms with van der Waals surface area (Å²) in [4.78, 5) is 14.7. The Balaban J connectivity index is 1.72. The number of hydrogen-bond donors (Lipinski definition) is 1. The number of unbranched alkanes of at least 4 members (excludes halogenated alkanes) is 1. The van der Waals surface area contributed by atoms with E-state index in [0.717, 1.165) is 19.3 Å². The standard InChI is InChI=1S/C20H21F2NO4/c21-16-11-13(12-17(22)19(16)26-10-2-1-8-18(24)25)15-7-4-9-23-20(15)27-14-5-3-6-14/h4,7,9,11-12,14H,1-3,5-6,8,10H2,(H,24,25). The van der Waals surface area contributed by atoms with Crippen LogP contribution in [0.15, 0.2) is 30.5 Å². The molecule has 0 radical (unpaired) electrons. The summed E-state index contributed by atoms with van der Waals surface area (Å²) in [5.41, 5.74) is 0.848. The fourth-order valence-electron chi connectivity index (χ4n) is 2.76. The zero-order valence-electron chi connectivity index (χ0n) is 14.8. The number of halogens is 2. The summed E-state index contributed by atoms with van der Waals surface area (Å²) in [6.07, 6.45) is 5.47. The molecule has 1 aromatic carbocycles. The lowest BCUT2D eigenvalue weighted by atomic mass is 9.96. The number of aromatic nitrogens is 1. The zero-order valence-corrected chi connectivity index (χ0v) is 14.8. The van der Waals surface area contributed by atoms with Gasteiger partial charge in [-0.25, -0.2) is 13.8 Å². The van der Waals surface area contributed by atoms with Crippen LogP contribution in [0.1, 0.15) is 38.5 Å². The summed E-state index contributed by atoms with van der Waals surface area (Å²) in [5, 5.41) is 8.58. The Bertz CT molecular complexity index is 785. The smallest absolute Gasteiger partial charge is 0.303 e. The molecule has 3 rings (SSSR count). The van der Waals surface area contributed by atoms with Gasteiger partial charge in [0.1, 0.15) is 6.10 Å². The van der Waals surface area contributed by atoms with Crippen molar-refractivity contribution >= 4 is 5.97 Å². The van der Waals surface area contributed by atoms with Gasteiger partial charge in [-0.05, 0) is 61.9 Å². The van der Waals surface area contributed by atoms with Crippen LogP contribution >= 0.6 is 0 Å². The number of hydrogen-bond acceptors (Lipinski definition) is 4. The fourth-order valence-corrected chi connectivity index (χ4v) is 2.76. The molecule has 2 aromatic rings. The summed E-state index contributed by atoms with van der Waals surface area (Å²) >= 11 is 0. The zero-order chi connectivity index (χ0) is 19.2. The number of carboxylic acids is 1. The Morgan fingerprint density at radius 3 is 2.59 bits per heavy atom. The lowest BCUT2D eigenvalue weighted by Gasteiger charge is -2.26. The van der Waals surface area contributed by atoms with Crippen LogP contribution in [0.2, 0.25) is 0 Å². The van der Waals surface area contributed by atoms with Gasteiger partial charge in [0, 0.05) is 18.2 Å². The third-order valence-electron chi connectivity index (χ3n) is 4.44. The van der Waals surface area contributed by atoms with Crippen LogP contribution in [0, 0.1) is 11.6 Å². The van der Waals surface area contributed by atoms with Crippen molar-refractivity contribution < 1.29 is 28.2 Å². The number of ether oxygens (including phenoxy) is 2. The van der Waals surface area contributed by atoms with Gasteiger partial charge in [0.25, 0.3) is 0 Å². The lowest BCUT2D eigenvalue weighted by Crippen LogP contribution is -2.25. The van der Waals surface area contributed by atoms with Crippen molar-refractivity contribution in [1.29, 1.82) is 0 Å². The fraction of sp³-hybridized carbons (Fsp3) is 0.400. The Kier molecular flexibility index (Phi) is 6.21. The highest BCUT2D eigenvalue weighted by Crippen LogP contribution is 2.35. The first-order valence-corrected chi connectivity index (χ1v) is 9.00. The predicted molar refractivity (Wildman–Crippen MR) is 94.8 cm³/mol. The van der Waals surface area contributed by atoms with Crippen molar-refractivity contribution in [2.24, 2.45) is 0 Å². The van der Waals surface area contributed by atoms with Crippen LogP contribution in [0.4, 0.5) is 8.78 Å². The molecular weight excluding hydrogens is 356 g/mol. The summed E-state index contributed by atoms with van der Waals surface area (Å²) in [7, 11) is 0. The lowest BCUT2D eigenvalue weighted by molar-refractivity contribution is -0.137. The third kappa shape index (κ3) is 4.93. The van der Waals surface area contributed by atoms with E-state index in [9.17, 15) is 13.6 Å². The molecule has 0 amide bonds. The molecule has 1 aromatic heterocycles. The van der Waals surface area contributed by atoms with Gasteiger partial charge in [-0.3, -0.25) is 4.79 Å². The second-order valence-electron chi connectivity index (χ2n) is 6.50. The molecule has 1 heterocycles. The van der Waals surface area contributed by atoms with Crippen molar-refractivity contribution in [2.45, 2.75) is 44.6 Å². The quantitative estimate of drug-likeness (QED) is 0.647. The second kappa shape index (κ2) is 8.79. The number of benzene rings is 1. The highest BCUT2D eigenvalue weighted by atomic mass is 19.1. The summed E-state index contributed by atoms with van der Waals surface area (Å²) in [6, 6.07) is 5.79. The molecule has 1 N–H and O–H groups in total. The van der Waals surface area contributed by atoms with Gasteiger partial charge in [-0.2, -0.15) is 0 Å². The van der Waals surface area contributed by atoms with E-state index in [2.05, 4.69) is 4.98 Å². The van der Waals surface area contributed by atoms with Crippen LogP contribution in [-0.2, 0) is 4.79 Å². The molecule has 0 aliphatic heterocycles. The SMILES string of the molecule is O=C(O)CCCCOc1c(F)cc(-c2cccnc2OC2CCC2)cc1F. The van der Waals surface area contributed by atoms with Crippen molar-refractivity contribution in [2.75, 3.05) is 6.61 Å². The van der Waals surface area contributed by atoms with E-state index < -0.39 is 23.4 Å². The number of aliphatic carboxylic acids is 1. The largest absolute Gasteiger partial charge is 0.488 e. The Morgan fingerprint density at radius 2 is 1.96 bits per heavy atom. The molecule has 0 atom stereocenters. The average molecular weight is 377 g/mol. The first-order valence-electron chi connectivity index (χ1n) is 9.00. The Morgan fingerprint density at radius 1 is 1.22 bits per heavy atom. The monoisotopic (exact) mass is 377 g/mol. The minimum atomic E-state index is -0.909. The van der Waals surface area contributed by atoms with Crippen LogP contribution in [0.25, 0.3) is 11.1 Å². The molecule has 1 saturated carbocycles. The van der Waals surface area contributed by atoms with Gasteiger partial charge in [0.2, 0.25) is 5.88 Å². The van der Waals surface area contributed by atoms with Gasteiger partial charge < -0.3 is 14.6 Å². The predicted octanol–water partition coefficient (Wildman–Crippen LogP) is 4.59. The normalized spacial score (nSPS) is 13.9.